The van der Waals surface area contributed by atoms with Crippen molar-refractivity contribution in [3.63, 3.8) is 0 Å². The number of nitrogens with one attached hydrogen (secondary N) is 1. The normalized spacial score (nSPS) is 26.6. The standard InChI is InChI=1S/C27H24F4N4O4/c28-21-7-16(12-32)3-6-22(21)34-14-23(37)35(13-15-1-4-18(5-2-15)27(29,30)31)26(25(34)39)10-17(11-26)24(38)33-19-8-20(36)9-19/h1-7,17,19-20,36H,8-11,13-14H2,(H,33,38)/t17-,19-,20+,26-. The Bertz CT molecular complexity index is 1360. The molecule has 3 fully saturated rings. The Labute approximate surface area is 220 Å². The number of aliphatic hydroxyl groups is 1. The van der Waals surface area contributed by atoms with Gasteiger partial charge in [-0.3, -0.25) is 19.3 Å². The van der Waals surface area contributed by atoms with Crippen molar-refractivity contribution >= 4 is 23.4 Å². The summed E-state index contributed by atoms with van der Waals surface area (Å²) >= 11 is 0. The number of halogens is 4. The molecule has 39 heavy (non-hydrogen) atoms. The van der Waals surface area contributed by atoms with Gasteiger partial charge < -0.3 is 15.3 Å². The van der Waals surface area contributed by atoms with Crippen molar-refractivity contribution in [3.8, 4) is 6.07 Å². The second kappa shape index (κ2) is 9.64. The van der Waals surface area contributed by atoms with Crippen molar-refractivity contribution in [2.45, 2.75) is 56.1 Å². The molecule has 1 aliphatic heterocycles. The monoisotopic (exact) mass is 544 g/mol. The van der Waals surface area contributed by atoms with E-state index in [9.17, 15) is 37.1 Å². The fourth-order valence-electron chi connectivity index (χ4n) is 5.47. The van der Waals surface area contributed by atoms with Gasteiger partial charge in [-0.25, -0.2) is 4.39 Å². The zero-order valence-electron chi connectivity index (χ0n) is 20.5. The molecule has 2 aromatic rings. The van der Waals surface area contributed by atoms with Crippen molar-refractivity contribution in [2.24, 2.45) is 5.92 Å². The zero-order valence-corrected chi connectivity index (χ0v) is 20.5. The molecule has 1 spiro atoms. The van der Waals surface area contributed by atoms with Crippen LogP contribution >= 0.6 is 0 Å². The average Bonchev–Trinajstić information content (AvgIpc) is 2.84. The van der Waals surface area contributed by atoms with Crippen LogP contribution in [0, 0.1) is 23.1 Å². The molecule has 0 bridgehead atoms. The number of hydrogen-bond acceptors (Lipinski definition) is 5. The number of carbonyl (C=O) groups excluding carboxylic acids is 3. The smallest absolute Gasteiger partial charge is 0.393 e. The summed E-state index contributed by atoms with van der Waals surface area (Å²) in [6.07, 6.45) is -4.26. The number of nitriles is 1. The van der Waals surface area contributed by atoms with Crippen LogP contribution in [0.3, 0.4) is 0 Å². The second-order valence-corrected chi connectivity index (χ2v) is 10.3. The predicted molar refractivity (Wildman–Crippen MR) is 128 cm³/mol. The topological polar surface area (TPSA) is 114 Å². The number of aliphatic hydroxyl groups excluding tert-OH is 1. The van der Waals surface area contributed by atoms with E-state index < -0.39 is 53.5 Å². The first-order valence-corrected chi connectivity index (χ1v) is 12.4. The molecule has 1 heterocycles. The van der Waals surface area contributed by atoms with Crippen LogP contribution in [0.25, 0.3) is 0 Å². The largest absolute Gasteiger partial charge is 0.416 e. The molecule has 0 unspecified atom stereocenters. The van der Waals surface area contributed by atoms with Crippen LogP contribution in [0.5, 0.6) is 0 Å². The van der Waals surface area contributed by atoms with E-state index in [1.807, 2.05) is 0 Å². The number of amides is 3. The fourth-order valence-corrected chi connectivity index (χ4v) is 5.47. The van der Waals surface area contributed by atoms with Crippen molar-refractivity contribution in [1.82, 2.24) is 10.2 Å². The van der Waals surface area contributed by atoms with Gasteiger partial charge in [0.2, 0.25) is 11.8 Å². The first-order valence-electron chi connectivity index (χ1n) is 12.4. The molecule has 1 saturated heterocycles. The second-order valence-electron chi connectivity index (χ2n) is 10.3. The molecule has 0 atom stereocenters. The molecule has 8 nitrogen and oxygen atoms in total. The van der Waals surface area contributed by atoms with E-state index in [1.54, 1.807) is 6.07 Å². The lowest BCUT2D eigenvalue weighted by molar-refractivity contribution is -0.165. The maximum absolute atomic E-state index is 14.9. The summed E-state index contributed by atoms with van der Waals surface area (Å²) < 4.78 is 53.9. The number of nitrogens with zero attached hydrogens (tertiary/aromatic N) is 3. The van der Waals surface area contributed by atoms with Crippen LogP contribution in [0.1, 0.15) is 42.4 Å². The molecule has 2 aromatic carbocycles. The number of alkyl halides is 3. The maximum atomic E-state index is 14.9. The molecule has 204 valence electrons. The molecular weight excluding hydrogens is 520 g/mol. The molecule has 3 amide bonds. The molecule has 12 heteroatoms. The quantitative estimate of drug-likeness (QED) is 0.562. The van der Waals surface area contributed by atoms with Crippen molar-refractivity contribution in [3.05, 3.63) is 65.0 Å². The molecular formula is C27H24F4N4O4. The summed E-state index contributed by atoms with van der Waals surface area (Å²) in [7, 11) is 0. The Morgan fingerprint density at radius 3 is 2.36 bits per heavy atom. The third-order valence-corrected chi connectivity index (χ3v) is 7.74. The maximum Gasteiger partial charge on any atom is 0.416 e. The van der Waals surface area contributed by atoms with Gasteiger partial charge in [-0.15, -0.1) is 0 Å². The van der Waals surface area contributed by atoms with Crippen molar-refractivity contribution < 1.29 is 37.1 Å². The zero-order chi connectivity index (χ0) is 28.1. The van der Waals surface area contributed by atoms with Gasteiger partial charge in [-0.1, -0.05) is 12.1 Å². The Kier molecular flexibility index (Phi) is 6.58. The highest BCUT2D eigenvalue weighted by atomic mass is 19.4. The Hall–Kier alpha value is -3.98. The van der Waals surface area contributed by atoms with Crippen LogP contribution in [0.15, 0.2) is 42.5 Å². The lowest BCUT2D eigenvalue weighted by Gasteiger charge is -2.56. The third-order valence-electron chi connectivity index (χ3n) is 7.74. The summed E-state index contributed by atoms with van der Waals surface area (Å²) in [5.41, 5.74) is -2.15. The number of hydrogen-bond donors (Lipinski definition) is 2. The van der Waals surface area contributed by atoms with E-state index >= 15 is 0 Å². The minimum Gasteiger partial charge on any atom is -0.393 e. The average molecular weight is 545 g/mol. The van der Waals surface area contributed by atoms with E-state index in [0.29, 0.717) is 18.4 Å². The van der Waals surface area contributed by atoms with Gasteiger partial charge in [0.05, 0.1) is 29.0 Å². The summed E-state index contributed by atoms with van der Waals surface area (Å²) in [4.78, 5) is 42.3. The SMILES string of the molecule is N#Cc1ccc(N2CC(=O)N(Cc3ccc(C(F)(F)F)cc3)[C@]3(C[C@H](C(=O)N[C@H]4C[C@@H](O)C4)C3)C2=O)c(F)c1. The van der Waals surface area contributed by atoms with Crippen molar-refractivity contribution in [2.75, 3.05) is 11.4 Å². The van der Waals surface area contributed by atoms with Gasteiger partial charge in [0, 0.05) is 18.5 Å². The first kappa shape index (κ1) is 26.6. The first-order chi connectivity index (χ1) is 18.4. The van der Waals surface area contributed by atoms with E-state index in [0.717, 1.165) is 23.1 Å². The van der Waals surface area contributed by atoms with Gasteiger partial charge in [0.1, 0.15) is 17.9 Å². The molecule has 2 saturated carbocycles. The molecule has 3 aliphatic rings. The predicted octanol–water partition coefficient (Wildman–Crippen LogP) is 2.88. The van der Waals surface area contributed by atoms with Gasteiger partial charge in [-0.05, 0) is 61.6 Å². The summed E-state index contributed by atoms with van der Waals surface area (Å²) in [6, 6.07) is 9.37. The Morgan fingerprint density at radius 2 is 1.79 bits per heavy atom. The van der Waals surface area contributed by atoms with Crippen molar-refractivity contribution in [1.29, 1.82) is 5.26 Å². The number of rotatable bonds is 5. The lowest BCUT2D eigenvalue weighted by Crippen LogP contribution is -2.74. The van der Waals surface area contributed by atoms with Crippen LogP contribution in [0.2, 0.25) is 0 Å². The number of anilines is 1. The van der Waals surface area contributed by atoms with Gasteiger partial charge in [-0.2, -0.15) is 18.4 Å². The highest BCUT2D eigenvalue weighted by molar-refractivity contribution is 6.10. The summed E-state index contributed by atoms with van der Waals surface area (Å²) in [5.74, 6) is -2.98. The van der Waals surface area contributed by atoms with Gasteiger partial charge in [0.15, 0.2) is 0 Å². The van der Waals surface area contributed by atoms with E-state index in [2.05, 4.69) is 5.32 Å². The minimum absolute atomic E-state index is 0.0344. The molecule has 2 N–H and O–H groups in total. The highest BCUT2D eigenvalue weighted by Gasteiger charge is 2.62. The number of benzene rings is 2. The Morgan fingerprint density at radius 1 is 1.13 bits per heavy atom. The molecule has 0 aromatic heterocycles. The highest BCUT2D eigenvalue weighted by Crippen LogP contribution is 2.48. The van der Waals surface area contributed by atoms with Crippen LogP contribution in [0.4, 0.5) is 23.2 Å². The fraction of sp³-hybridized carbons (Fsp3) is 0.407. The van der Waals surface area contributed by atoms with Gasteiger partial charge >= 0.3 is 6.18 Å². The van der Waals surface area contributed by atoms with E-state index in [4.69, 9.17) is 5.26 Å². The third kappa shape index (κ3) is 4.83. The molecule has 0 radical (unpaired) electrons. The summed E-state index contributed by atoms with van der Waals surface area (Å²) in [5, 5.41) is 21.3. The number of piperazine rings is 1. The van der Waals surface area contributed by atoms with Crippen LogP contribution in [-0.2, 0) is 27.1 Å². The Balaban J connectivity index is 1.42. The van der Waals surface area contributed by atoms with Gasteiger partial charge in [0.25, 0.3) is 5.91 Å². The summed E-state index contributed by atoms with van der Waals surface area (Å²) in [6.45, 7) is -0.684. The van der Waals surface area contributed by atoms with E-state index in [-0.39, 0.29) is 42.6 Å². The molecule has 5 rings (SSSR count). The van der Waals surface area contributed by atoms with Crippen LogP contribution in [-0.4, -0.2) is 52.0 Å². The molecule has 2 aliphatic carbocycles. The number of carbonyl (C=O) groups is 3. The minimum atomic E-state index is -4.53. The van der Waals surface area contributed by atoms with Crippen LogP contribution < -0.4 is 10.2 Å². The van der Waals surface area contributed by atoms with E-state index in [1.165, 1.54) is 29.2 Å². The lowest BCUT2D eigenvalue weighted by atomic mass is 9.64.